The molecular formula is C20H20N6O2. The van der Waals surface area contributed by atoms with Crippen LogP contribution in [0.15, 0.2) is 43.0 Å². The van der Waals surface area contributed by atoms with Gasteiger partial charge in [-0.3, -0.25) is 0 Å². The number of pyridine rings is 1. The topological polar surface area (TPSA) is 78.0 Å². The van der Waals surface area contributed by atoms with Crippen molar-refractivity contribution < 1.29 is 9.47 Å². The van der Waals surface area contributed by atoms with Gasteiger partial charge in [0, 0.05) is 47.4 Å². The molecule has 0 bridgehead atoms. The zero-order valence-corrected chi connectivity index (χ0v) is 15.5. The van der Waals surface area contributed by atoms with E-state index in [0.717, 1.165) is 48.3 Å². The van der Waals surface area contributed by atoms with Crippen molar-refractivity contribution >= 4 is 17.1 Å². The number of hydrogen-bond acceptors (Lipinski definition) is 6. The van der Waals surface area contributed by atoms with E-state index in [0.29, 0.717) is 23.3 Å². The molecule has 6 rings (SSSR count). The minimum Gasteiger partial charge on any atom is -0.479 e. The molecule has 0 atom stereocenters. The number of aromatic nitrogens is 5. The first kappa shape index (κ1) is 15.9. The van der Waals surface area contributed by atoms with Gasteiger partial charge in [-0.15, -0.1) is 5.10 Å². The molecule has 1 saturated carbocycles. The molecule has 1 spiro atoms. The van der Waals surface area contributed by atoms with Crippen molar-refractivity contribution in [3.05, 3.63) is 43.0 Å². The highest BCUT2D eigenvalue weighted by Gasteiger charge is 2.50. The van der Waals surface area contributed by atoms with Gasteiger partial charge >= 0.3 is 0 Å². The Morgan fingerprint density at radius 1 is 1.21 bits per heavy atom. The molecule has 1 saturated heterocycles. The lowest BCUT2D eigenvalue weighted by atomic mass is 9.64. The van der Waals surface area contributed by atoms with Gasteiger partial charge in [0.15, 0.2) is 0 Å². The van der Waals surface area contributed by atoms with E-state index in [1.807, 2.05) is 33.4 Å². The first-order valence-corrected chi connectivity index (χ1v) is 9.44. The molecule has 5 heterocycles. The molecule has 8 heteroatoms. The van der Waals surface area contributed by atoms with Crippen LogP contribution in [0.25, 0.3) is 22.3 Å². The van der Waals surface area contributed by atoms with Gasteiger partial charge in [0.2, 0.25) is 11.8 Å². The molecular weight excluding hydrogens is 356 g/mol. The Labute approximate surface area is 161 Å². The van der Waals surface area contributed by atoms with Crippen molar-refractivity contribution in [2.75, 3.05) is 25.6 Å². The third kappa shape index (κ3) is 2.31. The second-order valence-corrected chi connectivity index (χ2v) is 7.82. The summed E-state index contributed by atoms with van der Waals surface area (Å²) in [7, 11) is 1.64. The zero-order valence-electron chi connectivity index (χ0n) is 15.5. The molecule has 1 aliphatic carbocycles. The summed E-state index contributed by atoms with van der Waals surface area (Å²) < 4.78 is 14.8. The van der Waals surface area contributed by atoms with Crippen molar-refractivity contribution in [3.8, 4) is 17.0 Å². The fraction of sp³-hybridized carbons (Fsp3) is 0.350. The summed E-state index contributed by atoms with van der Waals surface area (Å²) in [6.07, 6.45) is 9.94. The standard InChI is InChI=1S/C20H20N6O2/c1-27-18-17-15(13-2-3-16-21-5-7-25(16)10-13)4-6-26(17)24-19(23-18)22-14-8-20(9-14)11-28-12-20/h2-7,10,14H,8-9,11-12H2,1H3,(H,22,24). The van der Waals surface area contributed by atoms with Gasteiger partial charge in [0.1, 0.15) is 11.2 Å². The number of rotatable bonds is 4. The van der Waals surface area contributed by atoms with E-state index < -0.39 is 0 Å². The molecule has 4 aromatic heterocycles. The summed E-state index contributed by atoms with van der Waals surface area (Å²) in [5.74, 6) is 1.15. The third-order valence-electron chi connectivity index (χ3n) is 5.88. The van der Waals surface area contributed by atoms with Crippen LogP contribution in [0.5, 0.6) is 5.88 Å². The van der Waals surface area contributed by atoms with Gasteiger partial charge in [-0.25, -0.2) is 9.50 Å². The number of nitrogens with one attached hydrogen (secondary N) is 1. The van der Waals surface area contributed by atoms with Crippen molar-refractivity contribution in [1.82, 2.24) is 24.0 Å². The van der Waals surface area contributed by atoms with Gasteiger partial charge in [-0.2, -0.15) is 4.98 Å². The third-order valence-corrected chi connectivity index (χ3v) is 5.88. The Bertz CT molecular complexity index is 1180. The molecule has 0 unspecified atom stereocenters. The second-order valence-electron chi connectivity index (χ2n) is 7.82. The van der Waals surface area contributed by atoms with Crippen LogP contribution in [-0.2, 0) is 4.74 Å². The van der Waals surface area contributed by atoms with Crippen molar-refractivity contribution in [1.29, 1.82) is 0 Å². The van der Waals surface area contributed by atoms with Crippen molar-refractivity contribution in [2.45, 2.75) is 18.9 Å². The van der Waals surface area contributed by atoms with Gasteiger partial charge in [0.05, 0.1) is 20.3 Å². The SMILES string of the molecule is COc1nc(NC2CC3(COC3)C2)nn2ccc(-c3ccc4nccn4c3)c12. The first-order valence-electron chi connectivity index (χ1n) is 9.44. The number of imidazole rings is 1. The molecule has 0 amide bonds. The lowest BCUT2D eigenvalue weighted by molar-refractivity contribution is -0.160. The Morgan fingerprint density at radius 2 is 2.11 bits per heavy atom. The van der Waals surface area contributed by atoms with Gasteiger partial charge in [-0.1, -0.05) is 0 Å². The lowest BCUT2D eigenvalue weighted by Gasteiger charge is -2.53. The van der Waals surface area contributed by atoms with Crippen LogP contribution < -0.4 is 10.1 Å². The summed E-state index contributed by atoms with van der Waals surface area (Å²) in [5.41, 5.74) is 4.25. The predicted molar refractivity (Wildman–Crippen MR) is 104 cm³/mol. The molecule has 0 aromatic carbocycles. The van der Waals surface area contributed by atoms with Crippen LogP contribution in [0.3, 0.4) is 0 Å². The highest BCUT2D eigenvalue weighted by atomic mass is 16.5. The first-order chi connectivity index (χ1) is 13.7. The summed E-state index contributed by atoms with van der Waals surface area (Å²) in [6, 6.07) is 6.49. The predicted octanol–water partition coefficient (Wildman–Crippen LogP) is 2.64. The van der Waals surface area contributed by atoms with E-state index >= 15 is 0 Å². The molecule has 1 N–H and O–H groups in total. The molecule has 28 heavy (non-hydrogen) atoms. The Kier molecular flexibility index (Phi) is 3.22. The number of fused-ring (bicyclic) bond motifs is 2. The summed E-state index contributed by atoms with van der Waals surface area (Å²) >= 11 is 0. The normalized spacial score (nSPS) is 18.3. The van der Waals surface area contributed by atoms with Gasteiger partial charge < -0.3 is 19.2 Å². The van der Waals surface area contributed by atoms with Crippen molar-refractivity contribution in [2.24, 2.45) is 5.41 Å². The maximum atomic E-state index is 5.62. The maximum Gasteiger partial charge on any atom is 0.244 e. The van der Waals surface area contributed by atoms with E-state index in [2.05, 4.69) is 32.6 Å². The Balaban J connectivity index is 1.36. The molecule has 2 aliphatic rings. The molecule has 8 nitrogen and oxygen atoms in total. The Hall–Kier alpha value is -3.13. The zero-order chi connectivity index (χ0) is 18.7. The molecule has 0 radical (unpaired) electrons. The number of nitrogens with zero attached hydrogens (tertiary/aromatic N) is 5. The number of ether oxygens (including phenoxy) is 2. The van der Waals surface area contributed by atoms with Crippen LogP contribution in [-0.4, -0.2) is 50.3 Å². The highest BCUT2D eigenvalue weighted by molar-refractivity contribution is 5.84. The summed E-state index contributed by atoms with van der Waals surface area (Å²) in [6.45, 7) is 1.77. The van der Waals surface area contributed by atoms with Crippen LogP contribution in [0, 0.1) is 5.41 Å². The molecule has 142 valence electrons. The van der Waals surface area contributed by atoms with Crippen LogP contribution in [0.1, 0.15) is 12.8 Å². The number of anilines is 1. The molecule has 1 aliphatic heterocycles. The van der Waals surface area contributed by atoms with Gasteiger partial charge in [-0.05, 0) is 31.0 Å². The van der Waals surface area contributed by atoms with Crippen molar-refractivity contribution in [3.63, 3.8) is 0 Å². The van der Waals surface area contributed by atoms with Crippen LogP contribution >= 0.6 is 0 Å². The smallest absolute Gasteiger partial charge is 0.244 e. The summed E-state index contributed by atoms with van der Waals surface area (Å²) in [4.78, 5) is 8.93. The lowest BCUT2D eigenvalue weighted by Crippen LogP contribution is -2.56. The number of methoxy groups -OCH3 is 1. The second kappa shape index (κ2) is 5.68. The monoisotopic (exact) mass is 376 g/mol. The van der Waals surface area contributed by atoms with Gasteiger partial charge in [0.25, 0.3) is 0 Å². The van der Waals surface area contributed by atoms with Crippen LogP contribution in [0.4, 0.5) is 5.95 Å². The fourth-order valence-corrected chi connectivity index (χ4v) is 4.40. The molecule has 4 aromatic rings. The highest BCUT2D eigenvalue weighted by Crippen LogP contribution is 2.47. The minimum atomic E-state index is 0.393. The van der Waals surface area contributed by atoms with E-state index in [4.69, 9.17) is 9.47 Å². The van der Waals surface area contributed by atoms with E-state index in [1.165, 1.54) is 0 Å². The van der Waals surface area contributed by atoms with E-state index in [-0.39, 0.29) is 0 Å². The quantitative estimate of drug-likeness (QED) is 0.590. The van der Waals surface area contributed by atoms with E-state index in [1.54, 1.807) is 13.3 Å². The number of hydrogen-bond donors (Lipinski definition) is 1. The average molecular weight is 376 g/mol. The molecule has 2 fully saturated rings. The van der Waals surface area contributed by atoms with Crippen LogP contribution in [0.2, 0.25) is 0 Å². The maximum absolute atomic E-state index is 5.62. The van der Waals surface area contributed by atoms with E-state index in [9.17, 15) is 0 Å². The fourth-order valence-electron chi connectivity index (χ4n) is 4.40. The minimum absolute atomic E-state index is 0.393. The largest absolute Gasteiger partial charge is 0.479 e. The Morgan fingerprint density at radius 3 is 2.89 bits per heavy atom. The summed E-state index contributed by atoms with van der Waals surface area (Å²) in [5, 5.41) is 8.11. The average Bonchev–Trinajstić information content (AvgIpc) is 3.28.